The molecular weight excluding hydrogens is 872 g/mol. The molecule has 8 atom stereocenters. The van der Waals surface area contributed by atoms with Gasteiger partial charge in [-0.2, -0.15) is 0 Å². The molecule has 6 N–H and O–H groups in total. The maximum atomic E-state index is 12.0. The number of rotatable bonds is 34. The van der Waals surface area contributed by atoms with Crippen LogP contribution in [0.3, 0.4) is 0 Å². The van der Waals surface area contributed by atoms with E-state index in [1.165, 1.54) is 103 Å². The van der Waals surface area contributed by atoms with Crippen molar-refractivity contribution >= 4 is 47.5 Å². The summed E-state index contributed by atoms with van der Waals surface area (Å²) in [6.45, 7) is 6.34. The van der Waals surface area contributed by atoms with Crippen LogP contribution in [0.25, 0.3) is 0 Å². The summed E-state index contributed by atoms with van der Waals surface area (Å²) in [6, 6.07) is 9.81. The molecule has 66 heavy (non-hydrogen) atoms. The summed E-state index contributed by atoms with van der Waals surface area (Å²) < 4.78 is 17.7. The summed E-state index contributed by atoms with van der Waals surface area (Å²) in [5.74, 6) is -0.890. The Morgan fingerprint density at radius 2 is 0.955 bits per heavy atom. The molecule has 374 valence electrons. The number of aliphatic carboxylic acids is 1. The van der Waals surface area contributed by atoms with E-state index in [-0.39, 0.29) is 91.3 Å². The fourth-order valence-corrected chi connectivity index (χ4v) is 12.2. The van der Waals surface area contributed by atoms with Crippen LogP contribution in [-0.4, -0.2) is 93.3 Å². The molecule has 0 radical (unpaired) electrons. The summed E-state index contributed by atoms with van der Waals surface area (Å²) in [6.07, 6.45) is 29.1. The second-order valence-electron chi connectivity index (χ2n) is 17.9. The molecule has 5 rings (SSSR count). The van der Waals surface area contributed by atoms with Gasteiger partial charge in [0.05, 0.1) is 24.2 Å². The fraction of sp³-hybridized carbons (Fsp3) is 0.800. The molecule has 4 aliphatic rings. The molecular formula is C50H87LiN4O9S2. The Kier molecular flexibility index (Phi) is 35.4. The van der Waals surface area contributed by atoms with Crippen LogP contribution in [0, 0.1) is 0 Å². The van der Waals surface area contributed by atoms with Gasteiger partial charge in [-0.15, -0.1) is 23.5 Å². The van der Waals surface area contributed by atoms with Crippen molar-refractivity contribution in [2.45, 2.75) is 240 Å². The van der Waals surface area contributed by atoms with Gasteiger partial charge in [-0.1, -0.05) is 167 Å². The molecule has 0 aliphatic carbocycles. The topological polar surface area (TPSA) is 194 Å². The van der Waals surface area contributed by atoms with E-state index in [1.807, 2.05) is 42.1 Å². The molecule has 4 heterocycles. The SMILES string of the molecule is C.CCCCCCCCCCCO[C@@H]1S[C@@H](CCCCC(=O)O)[C@H]2NC(=O)N[C@H]21.CCCCCCCCCCCO[C@@H]1S[C@@H](CCCCC(=O)OCc2ccccc2)[C@H]2NC(=O)N[C@H]21.[Li+].[OH-]. The third kappa shape index (κ3) is 24.4. The minimum atomic E-state index is -0.741. The van der Waals surface area contributed by atoms with Gasteiger partial charge in [-0.05, 0) is 44.1 Å². The summed E-state index contributed by atoms with van der Waals surface area (Å²) >= 11 is 3.63. The molecule has 0 aromatic heterocycles. The summed E-state index contributed by atoms with van der Waals surface area (Å²) in [7, 11) is 0. The predicted octanol–water partition coefficient (Wildman–Crippen LogP) is 8.46. The number of hydrogen-bond acceptors (Lipinski definition) is 10. The number of ether oxygens (including phenoxy) is 3. The normalized spacial score (nSPS) is 23.3. The maximum Gasteiger partial charge on any atom is 1.00 e. The van der Waals surface area contributed by atoms with Gasteiger partial charge in [0.2, 0.25) is 0 Å². The first-order valence-corrected chi connectivity index (χ1v) is 26.8. The fourth-order valence-electron chi connectivity index (χ4n) is 8.91. The van der Waals surface area contributed by atoms with Crippen molar-refractivity contribution in [1.29, 1.82) is 0 Å². The third-order valence-electron chi connectivity index (χ3n) is 12.5. The van der Waals surface area contributed by atoms with Crippen molar-refractivity contribution in [1.82, 2.24) is 21.3 Å². The van der Waals surface area contributed by atoms with Crippen LogP contribution in [0.5, 0.6) is 0 Å². The van der Waals surface area contributed by atoms with Gasteiger partial charge >= 0.3 is 42.9 Å². The number of thioether (sulfide) groups is 2. The molecule has 4 fully saturated rings. The Hall–Kier alpha value is -2.12. The van der Waals surface area contributed by atoms with Crippen LogP contribution in [0.4, 0.5) is 9.59 Å². The molecule has 0 spiro atoms. The first-order chi connectivity index (χ1) is 30.8. The predicted molar refractivity (Wildman–Crippen MR) is 265 cm³/mol. The number of benzene rings is 1. The van der Waals surface area contributed by atoms with Gasteiger partial charge in [0.25, 0.3) is 0 Å². The first-order valence-electron chi connectivity index (χ1n) is 24.9. The smallest absolute Gasteiger partial charge is 0.870 e. The Morgan fingerprint density at radius 3 is 1.38 bits per heavy atom. The molecule has 13 nitrogen and oxygen atoms in total. The average Bonchev–Trinajstić information content (AvgIpc) is 4.03. The minimum Gasteiger partial charge on any atom is -0.870 e. The van der Waals surface area contributed by atoms with Crippen molar-refractivity contribution in [2.24, 2.45) is 0 Å². The van der Waals surface area contributed by atoms with Crippen molar-refractivity contribution in [3.05, 3.63) is 35.9 Å². The van der Waals surface area contributed by atoms with E-state index >= 15 is 0 Å². The van der Waals surface area contributed by atoms with E-state index in [0.717, 1.165) is 63.7 Å². The first kappa shape index (κ1) is 61.9. The molecule has 4 aliphatic heterocycles. The van der Waals surface area contributed by atoms with Crippen molar-refractivity contribution in [3.63, 3.8) is 0 Å². The number of esters is 1. The maximum absolute atomic E-state index is 12.0. The minimum absolute atomic E-state index is 0. The van der Waals surface area contributed by atoms with Crippen LogP contribution in [-0.2, 0) is 30.4 Å². The zero-order valence-corrected chi connectivity index (χ0v) is 41.7. The monoisotopic (exact) mass is 959 g/mol. The third-order valence-corrected chi connectivity index (χ3v) is 15.7. The van der Waals surface area contributed by atoms with Crippen molar-refractivity contribution in [3.8, 4) is 0 Å². The van der Waals surface area contributed by atoms with E-state index in [4.69, 9.17) is 19.3 Å². The summed E-state index contributed by atoms with van der Waals surface area (Å²) in [5, 5.41) is 21.5. The van der Waals surface area contributed by atoms with Gasteiger partial charge in [-0.3, -0.25) is 9.59 Å². The van der Waals surface area contributed by atoms with Gasteiger partial charge < -0.3 is 46.1 Å². The molecule has 0 bridgehead atoms. The summed E-state index contributed by atoms with van der Waals surface area (Å²) in [4.78, 5) is 46.4. The second-order valence-corrected chi connectivity index (χ2v) is 20.5. The number of urea groups is 2. The van der Waals surface area contributed by atoms with Gasteiger partial charge in [-0.25, -0.2) is 9.59 Å². The average molecular weight is 959 g/mol. The van der Waals surface area contributed by atoms with E-state index < -0.39 is 5.97 Å². The number of nitrogens with one attached hydrogen (secondary N) is 4. The van der Waals surface area contributed by atoms with Crippen LogP contribution < -0.4 is 40.1 Å². The molecule has 4 amide bonds. The van der Waals surface area contributed by atoms with E-state index in [1.54, 1.807) is 11.8 Å². The zero-order chi connectivity index (χ0) is 44.9. The standard InChI is InChI=1S/C28H44N2O4S.C21H38N2O4S.CH4.Li.H2O/c1-2-3-4-5-6-7-8-9-15-20-33-27-26-25(29-28(32)30-26)23(35-27)18-13-14-19-24(31)34-21-22-16-11-10-12-17-22;1-2-3-4-5-6-7-8-9-12-15-27-20-19-18(22-21(26)23-19)16(28-20)13-10-11-14-17(24)25;;;/h10-12,16-17,23,25-27H,2-9,13-15,18-21H2,1H3,(H2,29,30,32);16,18-20H,2-15H2,1H3,(H,24,25)(H2,22,23,26);1H4;;1H2/q;;;+1;/p-1/t23-,25+,26+,27+;16-,18+,19+,20+;;;/m00.../s1. The molecule has 1 aromatic rings. The Bertz CT molecular complexity index is 1440. The number of carboxylic acids is 1. The van der Waals surface area contributed by atoms with Gasteiger partial charge in [0, 0.05) is 36.6 Å². The van der Waals surface area contributed by atoms with Crippen LogP contribution >= 0.6 is 23.5 Å². The number of fused-ring (bicyclic) bond motifs is 2. The molecule has 16 heteroatoms. The molecule has 4 saturated heterocycles. The Balaban J connectivity index is 0.000000646. The second kappa shape index (κ2) is 37.7. The van der Waals surface area contributed by atoms with Gasteiger partial charge in [0.15, 0.2) is 0 Å². The zero-order valence-electron chi connectivity index (χ0n) is 40.1. The van der Waals surface area contributed by atoms with Crippen LogP contribution in [0.2, 0.25) is 0 Å². The Labute approximate surface area is 418 Å². The van der Waals surface area contributed by atoms with Crippen molar-refractivity contribution < 1.29 is 62.8 Å². The van der Waals surface area contributed by atoms with Crippen LogP contribution in [0.1, 0.15) is 194 Å². The Morgan fingerprint density at radius 1 is 0.561 bits per heavy atom. The number of carbonyl (C=O) groups is 4. The number of unbranched alkanes of at least 4 members (excludes halogenated alkanes) is 18. The number of amides is 4. The van der Waals surface area contributed by atoms with Crippen LogP contribution in [0.15, 0.2) is 30.3 Å². The van der Waals surface area contributed by atoms with E-state index in [2.05, 4.69) is 35.1 Å². The quantitative estimate of drug-likeness (QED) is 0.0193. The number of carboxylic acid groups (broad SMARTS) is 1. The molecule has 0 unspecified atom stereocenters. The van der Waals surface area contributed by atoms with Gasteiger partial charge in [0.1, 0.15) is 17.5 Å². The van der Waals surface area contributed by atoms with E-state index in [9.17, 15) is 19.2 Å². The van der Waals surface area contributed by atoms with E-state index in [0.29, 0.717) is 29.9 Å². The molecule has 0 saturated carbocycles. The summed E-state index contributed by atoms with van der Waals surface area (Å²) in [5.41, 5.74) is 1.02. The van der Waals surface area contributed by atoms with Crippen molar-refractivity contribution in [2.75, 3.05) is 13.2 Å². The largest absolute Gasteiger partial charge is 1.00 e. The number of hydrogen-bond donors (Lipinski definition) is 5. The molecule has 1 aromatic carbocycles. The number of carbonyl (C=O) groups excluding carboxylic acids is 3.